The molecule has 1 amide bonds. The van der Waals surface area contributed by atoms with Crippen LogP contribution in [0.4, 0.5) is 5.69 Å². The molecule has 0 bridgehead atoms. The Labute approximate surface area is 107 Å². The van der Waals surface area contributed by atoms with Gasteiger partial charge in [0, 0.05) is 18.2 Å². The normalized spacial score (nSPS) is 16.8. The second-order valence-electron chi connectivity index (χ2n) is 4.77. The quantitative estimate of drug-likeness (QED) is 0.781. The molecule has 0 atom stereocenters. The molecule has 0 spiro atoms. The molecular weight excluding hydrogens is 222 g/mol. The molecule has 18 heavy (non-hydrogen) atoms. The fourth-order valence-corrected chi connectivity index (χ4v) is 2.37. The SMILES string of the molecule is CC(=O)Nc1ccc(C2=C=C3CCC3=CC2)cc1. The Morgan fingerprint density at radius 2 is 1.94 bits per heavy atom. The lowest BCUT2D eigenvalue weighted by Crippen LogP contribution is -2.06. The Balaban J connectivity index is 1.86. The predicted molar refractivity (Wildman–Crippen MR) is 73.1 cm³/mol. The van der Waals surface area contributed by atoms with Gasteiger partial charge in [0.25, 0.3) is 0 Å². The number of benzene rings is 1. The van der Waals surface area contributed by atoms with Gasteiger partial charge in [-0.05, 0) is 48.1 Å². The van der Waals surface area contributed by atoms with Crippen LogP contribution in [0.2, 0.25) is 0 Å². The Bertz CT molecular complexity index is 598. The maximum absolute atomic E-state index is 10.9. The first-order chi connectivity index (χ1) is 8.72. The lowest BCUT2D eigenvalue weighted by molar-refractivity contribution is -0.114. The van der Waals surface area contributed by atoms with Crippen molar-refractivity contribution >= 4 is 17.2 Å². The van der Waals surface area contributed by atoms with E-state index in [0.29, 0.717) is 0 Å². The molecular formula is C16H15NO. The second kappa shape index (κ2) is 4.32. The maximum Gasteiger partial charge on any atom is 0.221 e. The standard InChI is InChI=1S/C16H15NO/c1-11(18)17-16-8-6-13(7-9-16)15-5-3-12-2-4-14(12)10-15/h3,6-9H,2,4-5H2,1H3,(H,17,18). The summed E-state index contributed by atoms with van der Waals surface area (Å²) in [4.78, 5) is 10.9. The van der Waals surface area contributed by atoms with E-state index in [4.69, 9.17) is 0 Å². The number of anilines is 1. The van der Waals surface area contributed by atoms with Gasteiger partial charge in [0.15, 0.2) is 0 Å². The fourth-order valence-electron chi connectivity index (χ4n) is 2.37. The number of amides is 1. The van der Waals surface area contributed by atoms with Crippen LogP contribution in [-0.2, 0) is 4.79 Å². The van der Waals surface area contributed by atoms with Crippen LogP contribution in [0, 0.1) is 0 Å². The summed E-state index contributed by atoms with van der Waals surface area (Å²) >= 11 is 0. The number of nitrogens with one attached hydrogen (secondary N) is 1. The molecule has 2 aliphatic carbocycles. The summed E-state index contributed by atoms with van der Waals surface area (Å²) in [5.74, 6) is -0.0382. The van der Waals surface area contributed by atoms with Crippen molar-refractivity contribution in [3.05, 3.63) is 52.8 Å². The van der Waals surface area contributed by atoms with E-state index in [9.17, 15) is 4.79 Å². The molecule has 90 valence electrons. The average molecular weight is 237 g/mol. The molecule has 2 heteroatoms. The van der Waals surface area contributed by atoms with Crippen molar-refractivity contribution in [2.24, 2.45) is 0 Å². The lowest BCUT2D eigenvalue weighted by atomic mass is 9.81. The van der Waals surface area contributed by atoms with Gasteiger partial charge in [0.05, 0.1) is 0 Å². The highest BCUT2D eigenvalue weighted by Crippen LogP contribution is 2.37. The Morgan fingerprint density at radius 3 is 2.50 bits per heavy atom. The van der Waals surface area contributed by atoms with Gasteiger partial charge >= 0.3 is 0 Å². The average Bonchev–Trinajstić information content (AvgIpc) is 2.31. The minimum Gasteiger partial charge on any atom is -0.326 e. The van der Waals surface area contributed by atoms with E-state index in [1.54, 1.807) is 0 Å². The Hall–Kier alpha value is -2.05. The first-order valence-electron chi connectivity index (χ1n) is 6.28. The summed E-state index contributed by atoms with van der Waals surface area (Å²) in [5.41, 5.74) is 9.65. The molecule has 1 N–H and O–H groups in total. The van der Waals surface area contributed by atoms with Crippen molar-refractivity contribution < 1.29 is 4.79 Å². The fraction of sp³-hybridized carbons (Fsp3) is 0.250. The lowest BCUT2D eigenvalue weighted by Gasteiger charge is -2.23. The molecule has 3 rings (SSSR count). The molecule has 2 aliphatic rings. The smallest absolute Gasteiger partial charge is 0.221 e. The zero-order chi connectivity index (χ0) is 12.5. The summed E-state index contributed by atoms with van der Waals surface area (Å²) in [6, 6.07) is 7.98. The van der Waals surface area contributed by atoms with Gasteiger partial charge in [-0.1, -0.05) is 18.2 Å². The zero-order valence-electron chi connectivity index (χ0n) is 10.4. The summed E-state index contributed by atoms with van der Waals surface area (Å²) in [5, 5.41) is 2.78. The molecule has 0 aliphatic heterocycles. The number of rotatable bonds is 2. The summed E-state index contributed by atoms with van der Waals surface area (Å²) < 4.78 is 0. The molecule has 0 radical (unpaired) electrons. The van der Waals surface area contributed by atoms with Crippen LogP contribution >= 0.6 is 0 Å². The van der Waals surface area contributed by atoms with Gasteiger partial charge < -0.3 is 5.32 Å². The summed E-state index contributed by atoms with van der Waals surface area (Å²) in [6.45, 7) is 1.52. The minimum absolute atomic E-state index is 0.0382. The monoisotopic (exact) mass is 237 g/mol. The summed E-state index contributed by atoms with van der Waals surface area (Å²) in [7, 11) is 0. The van der Waals surface area contributed by atoms with Crippen LogP contribution in [0.25, 0.3) is 5.57 Å². The van der Waals surface area contributed by atoms with Crippen molar-refractivity contribution in [1.29, 1.82) is 0 Å². The molecule has 0 unspecified atom stereocenters. The van der Waals surface area contributed by atoms with Crippen LogP contribution in [0.1, 0.15) is 31.7 Å². The molecule has 2 nitrogen and oxygen atoms in total. The Kier molecular flexibility index (Phi) is 2.66. The van der Waals surface area contributed by atoms with Crippen LogP contribution < -0.4 is 5.32 Å². The number of carbonyl (C=O) groups excluding carboxylic acids is 1. The highest BCUT2D eigenvalue weighted by molar-refractivity contribution is 5.88. The van der Waals surface area contributed by atoms with Crippen molar-refractivity contribution in [3.63, 3.8) is 0 Å². The maximum atomic E-state index is 10.9. The highest BCUT2D eigenvalue weighted by Gasteiger charge is 2.19. The molecule has 0 heterocycles. The Morgan fingerprint density at radius 1 is 1.17 bits per heavy atom. The van der Waals surface area contributed by atoms with Gasteiger partial charge in [-0.25, -0.2) is 0 Å². The third-order valence-electron chi connectivity index (χ3n) is 3.44. The van der Waals surface area contributed by atoms with Crippen LogP contribution in [0.15, 0.2) is 47.2 Å². The van der Waals surface area contributed by atoms with Crippen molar-refractivity contribution in [2.45, 2.75) is 26.2 Å². The van der Waals surface area contributed by atoms with E-state index in [0.717, 1.165) is 12.1 Å². The molecule has 1 aromatic rings. The predicted octanol–water partition coefficient (Wildman–Crippen LogP) is 3.68. The highest BCUT2D eigenvalue weighted by atomic mass is 16.1. The third-order valence-corrected chi connectivity index (χ3v) is 3.44. The third kappa shape index (κ3) is 2.03. The number of carbonyl (C=O) groups is 1. The minimum atomic E-state index is -0.0382. The van der Waals surface area contributed by atoms with Crippen LogP contribution in [0.3, 0.4) is 0 Å². The molecule has 1 fully saturated rings. The van der Waals surface area contributed by atoms with E-state index < -0.39 is 0 Å². The van der Waals surface area contributed by atoms with Crippen molar-refractivity contribution in [1.82, 2.24) is 0 Å². The first-order valence-corrected chi connectivity index (χ1v) is 6.28. The second-order valence-corrected chi connectivity index (χ2v) is 4.77. The van der Waals surface area contributed by atoms with Gasteiger partial charge in [0.2, 0.25) is 5.91 Å². The number of fused-ring (bicyclic) bond motifs is 1. The van der Waals surface area contributed by atoms with Crippen LogP contribution in [-0.4, -0.2) is 5.91 Å². The summed E-state index contributed by atoms with van der Waals surface area (Å²) in [6.07, 6.45) is 5.67. The van der Waals surface area contributed by atoms with Gasteiger partial charge in [-0.15, -0.1) is 5.73 Å². The first kappa shape index (κ1) is 11.1. The zero-order valence-corrected chi connectivity index (χ0v) is 10.4. The molecule has 1 aromatic carbocycles. The molecule has 0 aromatic heterocycles. The van der Waals surface area contributed by atoms with Crippen molar-refractivity contribution in [3.8, 4) is 0 Å². The van der Waals surface area contributed by atoms with Crippen LogP contribution in [0.5, 0.6) is 0 Å². The van der Waals surface area contributed by atoms with E-state index in [-0.39, 0.29) is 5.91 Å². The topological polar surface area (TPSA) is 29.1 Å². The van der Waals surface area contributed by atoms with E-state index in [1.165, 1.54) is 42.0 Å². The molecule has 1 saturated carbocycles. The molecule has 0 saturated heterocycles. The largest absolute Gasteiger partial charge is 0.326 e. The van der Waals surface area contributed by atoms with E-state index in [1.807, 2.05) is 24.3 Å². The van der Waals surface area contributed by atoms with Gasteiger partial charge in [-0.2, -0.15) is 0 Å². The van der Waals surface area contributed by atoms with Gasteiger partial charge in [0.1, 0.15) is 0 Å². The van der Waals surface area contributed by atoms with Gasteiger partial charge in [-0.3, -0.25) is 4.79 Å². The van der Waals surface area contributed by atoms with Crippen molar-refractivity contribution in [2.75, 3.05) is 5.32 Å². The number of allylic oxidation sites excluding steroid dienone is 3. The number of hydrogen-bond donors (Lipinski definition) is 1. The van der Waals surface area contributed by atoms with E-state index in [2.05, 4.69) is 17.1 Å². The number of hydrogen-bond acceptors (Lipinski definition) is 1. The van der Waals surface area contributed by atoms with E-state index >= 15 is 0 Å².